The van der Waals surface area contributed by atoms with E-state index in [-0.39, 0.29) is 5.91 Å². The number of benzene rings is 2. The molecule has 0 saturated heterocycles. The molecule has 0 spiro atoms. The second kappa shape index (κ2) is 7.27. The number of aromatic nitrogens is 3. The lowest BCUT2D eigenvalue weighted by Gasteiger charge is -2.08. The molecule has 5 heteroatoms. The molecule has 0 aliphatic heterocycles. The molecule has 0 radical (unpaired) electrons. The number of hydrogen-bond donors (Lipinski definition) is 1. The number of nitrogens with one attached hydrogen (secondary N) is 1. The molecule has 0 aliphatic rings. The van der Waals surface area contributed by atoms with Crippen molar-refractivity contribution >= 4 is 16.8 Å². The molecule has 5 nitrogen and oxygen atoms in total. The maximum absolute atomic E-state index is 12.3. The Balaban J connectivity index is 1.30. The molecule has 1 N–H and O–H groups in total. The van der Waals surface area contributed by atoms with Gasteiger partial charge in [-0.3, -0.25) is 4.79 Å². The normalized spacial score (nSPS) is 10.9. The topological polar surface area (TPSA) is 51.9 Å². The first-order chi connectivity index (χ1) is 12.8. The summed E-state index contributed by atoms with van der Waals surface area (Å²) in [5.74, 6) is -0.0469. The maximum atomic E-state index is 12.3. The standard InChI is InChI=1S/C21H20N4O/c26-21(18-7-9-19(10-8-18)25-15-4-13-23-25)22-12-3-14-24-16-11-17-5-1-2-6-20(17)24/h1-2,4-11,13,15-16H,3,12,14H2,(H,22,26). The van der Waals surface area contributed by atoms with Crippen LogP contribution in [0.15, 0.2) is 79.3 Å². The highest BCUT2D eigenvalue weighted by Crippen LogP contribution is 2.15. The summed E-state index contributed by atoms with van der Waals surface area (Å²) < 4.78 is 3.99. The molecule has 4 rings (SSSR count). The van der Waals surface area contributed by atoms with Crippen molar-refractivity contribution in [3.05, 3.63) is 84.8 Å². The molecule has 130 valence electrons. The number of carbonyl (C=O) groups excluding carboxylic acids is 1. The van der Waals surface area contributed by atoms with Crippen LogP contribution in [0.25, 0.3) is 16.6 Å². The Bertz CT molecular complexity index is 1000. The molecule has 26 heavy (non-hydrogen) atoms. The van der Waals surface area contributed by atoms with Gasteiger partial charge in [0.2, 0.25) is 0 Å². The van der Waals surface area contributed by atoms with Gasteiger partial charge in [0.1, 0.15) is 0 Å². The van der Waals surface area contributed by atoms with Crippen molar-refractivity contribution in [2.45, 2.75) is 13.0 Å². The van der Waals surface area contributed by atoms with Gasteiger partial charge in [-0.2, -0.15) is 5.10 Å². The Morgan fingerprint density at radius 1 is 0.962 bits per heavy atom. The van der Waals surface area contributed by atoms with Crippen molar-refractivity contribution in [3.63, 3.8) is 0 Å². The van der Waals surface area contributed by atoms with Crippen molar-refractivity contribution in [1.29, 1.82) is 0 Å². The van der Waals surface area contributed by atoms with E-state index in [1.54, 1.807) is 10.9 Å². The third kappa shape index (κ3) is 3.37. The fraction of sp³-hybridized carbons (Fsp3) is 0.143. The summed E-state index contributed by atoms with van der Waals surface area (Å²) in [6.07, 6.45) is 6.59. The molecule has 1 amide bonds. The van der Waals surface area contributed by atoms with Crippen molar-refractivity contribution in [3.8, 4) is 5.69 Å². The summed E-state index contributed by atoms with van der Waals surface area (Å²) >= 11 is 0. The number of para-hydroxylation sites is 1. The average Bonchev–Trinajstić information content (AvgIpc) is 3.35. The number of aryl methyl sites for hydroxylation is 1. The molecule has 0 fully saturated rings. The lowest BCUT2D eigenvalue weighted by molar-refractivity contribution is 0.0953. The Labute approximate surface area is 151 Å². The van der Waals surface area contributed by atoms with Crippen LogP contribution in [0.2, 0.25) is 0 Å². The fourth-order valence-electron chi connectivity index (χ4n) is 3.08. The highest BCUT2D eigenvalue weighted by molar-refractivity contribution is 5.94. The minimum absolute atomic E-state index is 0.0469. The first-order valence-corrected chi connectivity index (χ1v) is 8.73. The minimum atomic E-state index is -0.0469. The van der Waals surface area contributed by atoms with E-state index in [0.717, 1.165) is 18.7 Å². The van der Waals surface area contributed by atoms with Gasteiger partial charge in [0.25, 0.3) is 5.91 Å². The van der Waals surface area contributed by atoms with Gasteiger partial charge in [0, 0.05) is 42.8 Å². The van der Waals surface area contributed by atoms with Crippen molar-refractivity contribution < 1.29 is 4.79 Å². The van der Waals surface area contributed by atoms with Gasteiger partial charge in [-0.25, -0.2) is 4.68 Å². The molecule has 2 aromatic carbocycles. The van der Waals surface area contributed by atoms with E-state index in [1.807, 2.05) is 48.7 Å². The largest absolute Gasteiger partial charge is 0.352 e. The van der Waals surface area contributed by atoms with Crippen molar-refractivity contribution in [1.82, 2.24) is 19.7 Å². The number of amides is 1. The van der Waals surface area contributed by atoms with Gasteiger partial charge in [0.15, 0.2) is 0 Å². The SMILES string of the molecule is O=C(NCCCn1ccc2ccccc21)c1ccc(-n2cccn2)cc1. The van der Waals surface area contributed by atoms with Crippen LogP contribution in [0.4, 0.5) is 0 Å². The first-order valence-electron chi connectivity index (χ1n) is 8.73. The predicted octanol–water partition coefficient (Wildman–Crippen LogP) is 3.65. The number of nitrogens with zero attached hydrogens (tertiary/aromatic N) is 3. The summed E-state index contributed by atoms with van der Waals surface area (Å²) in [5, 5.41) is 8.41. The van der Waals surface area contributed by atoms with Crippen LogP contribution in [-0.2, 0) is 6.54 Å². The van der Waals surface area contributed by atoms with Crippen LogP contribution < -0.4 is 5.32 Å². The van der Waals surface area contributed by atoms with Crippen molar-refractivity contribution in [2.75, 3.05) is 6.54 Å². The predicted molar refractivity (Wildman–Crippen MR) is 102 cm³/mol. The number of fused-ring (bicyclic) bond motifs is 1. The fourth-order valence-corrected chi connectivity index (χ4v) is 3.08. The molecular formula is C21H20N4O. The molecular weight excluding hydrogens is 324 g/mol. The molecule has 0 aliphatic carbocycles. The van der Waals surface area contributed by atoms with E-state index in [1.165, 1.54) is 10.9 Å². The molecule has 0 unspecified atom stereocenters. The molecule has 4 aromatic rings. The highest BCUT2D eigenvalue weighted by atomic mass is 16.1. The van der Waals surface area contributed by atoms with Crippen molar-refractivity contribution in [2.24, 2.45) is 0 Å². The molecule has 0 atom stereocenters. The number of hydrogen-bond acceptors (Lipinski definition) is 2. The zero-order valence-corrected chi connectivity index (χ0v) is 14.4. The van der Waals surface area contributed by atoms with Gasteiger partial charge in [-0.15, -0.1) is 0 Å². The Hall–Kier alpha value is -3.34. The number of rotatable bonds is 6. The third-order valence-corrected chi connectivity index (χ3v) is 4.44. The smallest absolute Gasteiger partial charge is 0.251 e. The number of carbonyl (C=O) groups is 1. The zero-order valence-electron chi connectivity index (χ0n) is 14.4. The summed E-state index contributed by atoms with van der Waals surface area (Å²) in [4.78, 5) is 12.3. The maximum Gasteiger partial charge on any atom is 0.251 e. The van der Waals surface area contributed by atoms with Crippen LogP contribution in [0, 0.1) is 0 Å². The van der Waals surface area contributed by atoms with E-state index < -0.39 is 0 Å². The van der Waals surface area contributed by atoms with Crippen LogP contribution in [0.1, 0.15) is 16.8 Å². The molecule has 0 saturated carbocycles. The van der Waals surface area contributed by atoms with Gasteiger partial charge in [-0.1, -0.05) is 18.2 Å². The summed E-state index contributed by atoms with van der Waals surface area (Å²) in [7, 11) is 0. The monoisotopic (exact) mass is 344 g/mol. The summed E-state index contributed by atoms with van der Waals surface area (Å²) in [6, 6.07) is 19.8. The third-order valence-electron chi connectivity index (χ3n) is 4.44. The van der Waals surface area contributed by atoms with E-state index in [9.17, 15) is 4.79 Å². The van der Waals surface area contributed by atoms with Crippen LogP contribution >= 0.6 is 0 Å². The minimum Gasteiger partial charge on any atom is -0.352 e. The van der Waals surface area contributed by atoms with Crippen LogP contribution in [-0.4, -0.2) is 26.8 Å². The lowest BCUT2D eigenvalue weighted by atomic mass is 10.2. The van der Waals surface area contributed by atoms with Crippen LogP contribution in [0.3, 0.4) is 0 Å². The second-order valence-electron chi connectivity index (χ2n) is 6.17. The summed E-state index contributed by atoms with van der Waals surface area (Å²) in [5.41, 5.74) is 2.83. The van der Waals surface area contributed by atoms with E-state index in [4.69, 9.17) is 0 Å². The van der Waals surface area contributed by atoms with Gasteiger partial charge in [-0.05, 0) is 54.3 Å². The Kier molecular flexibility index (Phi) is 4.51. The van der Waals surface area contributed by atoms with E-state index in [2.05, 4.69) is 39.4 Å². The van der Waals surface area contributed by atoms with E-state index >= 15 is 0 Å². The first kappa shape index (κ1) is 16.1. The zero-order chi connectivity index (χ0) is 17.8. The Morgan fingerprint density at radius 2 is 1.81 bits per heavy atom. The molecule has 2 aromatic heterocycles. The van der Waals surface area contributed by atoms with Gasteiger partial charge >= 0.3 is 0 Å². The highest BCUT2D eigenvalue weighted by Gasteiger charge is 2.06. The second-order valence-corrected chi connectivity index (χ2v) is 6.17. The molecule has 0 bridgehead atoms. The Morgan fingerprint density at radius 3 is 2.62 bits per heavy atom. The van der Waals surface area contributed by atoms with Gasteiger partial charge < -0.3 is 9.88 Å². The summed E-state index contributed by atoms with van der Waals surface area (Å²) in [6.45, 7) is 1.53. The average molecular weight is 344 g/mol. The van der Waals surface area contributed by atoms with E-state index in [0.29, 0.717) is 12.1 Å². The molecule has 2 heterocycles. The quantitative estimate of drug-likeness (QED) is 0.543. The van der Waals surface area contributed by atoms with Crippen LogP contribution in [0.5, 0.6) is 0 Å². The van der Waals surface area contributed by atoms with Gasteiger partial charge in [0.05, 0.1) is 5.69 Å². The lowest BCUT2D eigenvalue weighted by Crippen LogP contribution is -2.25.